The first kappa shape index (κ1) is 21.9. The minimum absolute atomic E-state index is 0.0479. The zero-order valence-electron chi connectivity index (χ0n) is 17.1. The monoisotopic (exact) mass is 476 g/mol. The summed E-state index contributed by atoms with van der Waals surface area (Å²) in [5.41, 5.74) is 0.254. The maximum Gasteiger partial charge on any atom is 0.343 e. The van der Waals surface area contributed by atoms with E-state index in [1.807, 2.05) is 0 Å². The summed E-state index contributed by atoms with van der Waals surface area (Å²) in [6.07, 6.45) is 0. The lowest BCUT2D eigenvalue weighted by Gasteiger charge is -2.36. The molecule has 32 heavy (non-hydrogen) atoms. The summed E-state index contributed by atoms with van der Waals surface area (Å²) in [6.45, 7) is -0.263. The van der Waals surface area contributed by atoms with Crippen molar-refractivity contribution >= 4 is 39.0 Å². The molecule has 0 atom stereocenters. The van der Waals surface area contributed by atoms with Gasteiger partial charge in [-0.25, -0.2) is 17.6 Å². The number of hydrogen-bond acceptors (Lipinski definition) is 5. The summed E-state index contributed by atoms with van der Waals surface area (Å²) < 4.78 is 52.4. The van der Waals surface area contributed by atoms with E-state index in [1.54, 1.807) is 12.1 Å². The number of halogens is 2. The number of carbonyl (C=O) groups is 1. The molecular weight excluding hydrogens is 459 g/mol. The van der Waals surface area contributed by atoms with Crippen molar-refractivity contribution in [3.8, 4) is 11.5 Å². The number of amides is 2. The van der Waals surface area contributed by atoms with Crippen molar-refractivity contribution in [3.63, 3.8) is 0 Å². The fraction of sp³-hybridized carbons (Fsp3) is 0.136. The van der Waals surface area contributed by atoms with Crippen LogP contribution in [-0.2, 0) is 16.6 Å². The summed E-state index contributed by atoms with van der Waals surface area (Å²) in [5, 5.41) is 0.126. The zero-order valence-corrected chi connectivity index (χ0v) is 18.7. The summed E-state index contributed by atoms with van der Waals surface area (Å²) in [5.74, 6) is 0.0120. The van der Waals surface area contributed by atoms with Crippen LogP contribution in [0.25, 0.3) is 0 Å². The lowest BCUT2D eigenvalue weighted by atomic mass is 10.1. The van der Waals surface area contributed by atoms with Crippen LogP contribution in [0, 0.1) is 5.82 Å². The highest BCUT2D eigenvalue weighted by molar-refractivity contribution is 7.94. The maximum absolute atomic E-state index is 14.5. The fourth-order valence-corrected chi connectivity index (χ4v) is 5.31. The average molecular weight is 477 g/mol. The number of para-hydroxylation sites is 1. The number of nitrogens with zero attached hydrogens (tertiary/aromatic N) is 2. The molecule has 0 saturated heterocycles. The predicted molar refractivity (Wildman–Crippen MR) is 119 cm³/mol. The Morgan fingerprint density at radius 2 is 1.69 bits per heavy atom. The Balaban J connectivity index is 1.89. The smallest absolute Gasteiger partial charge is 0.343 e. The summed E-state index contributed by atoms with van der Waals surface area (Å²) in [4.78, 5) is 14.6. The van der Waals surface area contributed by atoms with E-state index in [2.05, 4.69) is 0 Å². The van der Waals surface area contributed by atoms with Crippen LogP contribution < -0.4 is 18.7 Å². The molecule has 1 aliphatic rings. The van der Waals surface area contributed by atoms with E-state index in [0.717, 1.165) is 0 Å². The standard InChI is InChI=1S/C22H18ClFN2O5S/c1-30-19-11-10-14(12-20(19)31-2)26-22(27)25(13-15-16(23)6-5-7-17(15)24)18-8-3-4-9-21(18)32(26,28)29/h3-12H,13H2,1-2H3. The molecule has 10 heteroatoms. The Labute approximate surface area is 189 Å². The van der Waals surface area contributed by atoms with E-state index in [-0.39, 0.29) is 39.2 Å². The second-order valence-electron chi connectivity index (χ2n) is 6.85. The Kier molecular flexibility index (Phi) is 5.70. The van der Waals surface area contributed by atoms with Gasteiger partial charge in [0.15, 0.2) is 11.5 Å². The molecule has 0 fully saturated rings. The Morgan fingerprint density at radius 3 is 2.38 bits per heavy atom. The van der Waals surface area contributed by atoms with Gasteiger partial charge in [-0.1, -0.05) is 29.8 Å². The van der Waals surface area contributed by atoms with Gasteiger partial charge < -0.3 is 9.47 Å². The highest BCUT2D eigenvalue weighted by atomic mass is 35.5. The fourth-order valence-electron chi connectivity index (χ4n) is 3.51. The number of anilines is 2. The maximum atomic E-state index is 14.5. The molecule has 0 N–H and O–H groups in total. The van der Waals surface area contributed by atoms with Crippen LogP contribution in [0.3, 0.4) is 0 Å². The predicted octanol–water partition coefficient (Wildman–Crippen LogP) is 4.83. The van der Waals surface area contributed by atoms with Crippen molar-refractivity contribution in [1.82, 2.24) is 0 Å². The van der Waals surface area contributed by atoms with Gasteiger partial charge in [0.2, 0.25) is 0 Å². The molecule has 0 unspecified atom stereocenters. The molecule has 7 nitrogen and oxygen atoms in total. The van der Waals surface area contributed by atoms with E-state index in [0.29, 0.717) is 10.1 Å². The molecule has 0 aromatic heterocycles. The third-order valence-corrected chi connectivity index (χ3v) is 7.16. The second-order valence-corrected chi connectivity index (χ2v) is 9.01. The quantitative estimate of drug-likeness (QED) is 0.527. The molecule has 0 saturated carbocycles. The first-order valence-electron chi connectivity index (χ1n) is 9.40. The Hall–Kier alpha value is -3.30. The van der Waals surface area contributed by atoms with Crippen molar-refractivity contribution in [2.45, 2.75) is 11.4 Å². The van der Waals surface area contributed by atoms with E-state index in [4.69, 9.17) is 21.1 Å². The van der Waals surface area contributed by atoms with Crippen LogP contribution in [-0.4, -0.2) is 28.7 Å². The van der Waals surface area contributed by atoms with E-state index >= 15 is 0 Å². The molecular formula is C22H18ClFN2O5S. The minimum atomic E-state index is -4.26. The molecule has 2 amide bonds. The highest BCUT2D eigenvalue weighted by Crippen LogP contribution is 2.41. The molecule has 166 valence electrons. The summed E-state index contributed by atoms with van der Waals surface area (Å²) >= 11 is 6.17. The van der Waals surface area contributed by atoms with Gasteiger partial charge in [0.1, 0.15) is 10.7 Å². The topological polar surface area (TPSA) is 76.2 Å². The van der Waals surface area contributed by atoms with Crippen molar-refractivity contribution in [1.29, 1.82) is 0 Å². The van der Waals surface area contributed by atoms with Gasteiger partial charge in [-0.15, -0.1) is 0 Å². The van der Waals surface area contributed by atoms with Gasteiger partial charge in [-0.05, 0) is 36.4 Å². The molecule has 0 radical (unpaired) electrons. The lowest BCUT2D eigenvalue weighted by Crippen LogP contribution is -2.50. The Morgan fingerprint density at radius 1 is 0.969 bits per heavy atom. The summed E-state index contributed by atoms with van der Waals surface area (Å²) in [7, 11) is -1.42. The molecule has 0 bridgehead atoms. The van der Waals surface area contributed by atoms with E-state index in [1.165, 1.54) is 67.7 Å². The molecule has 4 rings (SSSR count). The van der Waals surface area contributed by atoms with Gasteiger partial charge >= 0.3 is 6.03 Å². The first-order chi connectivity index (χ1) is 15.3. The number of benzene rings is 3. The first-order valence-corrected chi connectivity index (χ1v) is 11.2. The number of carbonyl (C=O) groups excluding carboxylic acids is 1. The third-order valence-electron chi connectivity index (χ3n) is 5.06. The van der Waals surface area contributed by atoms with Crippen LogP contribution >= 0.6 is 11.6 Å². The van der Waals surface area contributed by atoms with Crippen LogP contribution in [0.1, 0.15) is 5.56 Å². The number of urea groups is 1. The molecule has 3 aromatic carbocycles. The van der Waals surface area contributed by atoms with Crippen molar-refractivity contribution in [3.05, 3.63) is 77.1 Å². The minimum Gasteiger partial charge on any atom is -0.493 e. The van der Waals surface area contributed by atoms with Crippen LogP contribution in [0.2, 0.25) is 5.02 Å². The average Bonchev–Trinajstić information content (AvgIpc) is 2.78. The van der Waals surface area contributed by atoms with Crippen LogP contribution in [0.5, 0.6) is 11.5 Å². The molecule has 3 aromatic rings. The normalized spacial score (nSPS) is 14.8. The highest BCUT2D eigenvalue weighted by Gasteiger charge is 2.43. The number of hydrogen-bond donors (Lipinski definition) is 0. The molecule has 1 aliphatic heterocycles. The van der Waals surface area contributed by atoms with Crippen LogP contribution in [0.4, 0.5) is 20.6 Å². The summed E-state index contributed by atoms with van der Waals surface area (Å²) in [6, 6.07) is 13.6. The largest absolute Gasteiger partial charge is 0.493 e. The number of fused-ring (bicyclic) bond motifs is 1. The molecule has 0 aliphatic carbocycles. The van der Waals surface area contributed by atoms with Gasteiger partial charge in [0.25, 0.3) is 10.0 Å². The number of rotatable bonds is 5. The van der Waals surface area contributed by atoms with Gasteiger partial charge in [-0.3, -0.25) is 4.90 Å². The molecule has 1 heterocycles. The van der Waals surface area contributed by atoms with Gasteiger partial charge in [0.05, 0.1) is 32.1 Å². The zero-order chi connectivity index (χ0) is 23.0. The number of ether oxygens (including phenoxy) is 2. The van der Waals surface area contributed by atoms with Gasteiger partial charge in [-0.2, -0.15) is 4.31 Å². The van der Waals surface area contributed by atoms with Crippen molar-refractivity contribution in [2.24, 2.45) is 0 Å². The lowest BCUT2D eigenvalue weighted by molar-refractivity contribution is 0.253. The number of sulfonamides is 1. The third kappa shape index (κ3) is 3.53. The van der Waals surface area contributed by atoms with E-state index in [9.17, 15) is 17.6 Å². The van der Waals surface area contributed by atoms with E-state index < -0.39 is 21.9 Å². The molecule has 0 spiro atoms. The number of methoxy groups -OCH3 is 2. The Bertz CT molecular complexity index is 1300. The SMILES string of the molecule is COc1ccc(N2C(=O)N(Cc3c(F)cccc3Cl)c3ccccc3S2(=O)=O)cc1OC. The van der Waals surface area contributed by atoms with Crippen molar-refractivity contribution < 1.29 is 27.1 Å². The van der Waals surface area contributed by atoms with Gasteiger partial charge in [0, 0.05) is 16.7 Å². The van der Waals surface area contributed by atoms with Crippen LogP contribution in [0.15, 0.2) is 65.6 Å². The van der Waals surface area contributed by atoms with Crippen molar-refractivity contribution in [2.75, 3.05) is 23.4 Å². The second kappa shape index (κ2) is 8.33.